The van der Waals surface area contributed by atoms with E-state index >= 15 is 0 Å². The van der Waals surface area contributed by atoms with Gasteiger partial charge >= 0.3 is 0 Å². The van der Waals surface area contributed by atoms with Gasteiger partial charge in [-0.05, 0) is 69.0 Å². The number of nitrogens with one attached hydrogen (secondary N) is 1. The van der Waals surface area contributed by atoms with E-state index < -0.39 is 0 Å². The molecule has 0 radical (unpaired) electrons. The fraction of sp³-hybridized carbons (Fsp3) is 0.444. The molecule has 0 aliphatic heterocycles. The molecule has 0 saturated carbocycles. The van der Waals surface area contributed by atoms with E-state index in [1.807, 2.05) is 11.3 Å². The summed E-state index contributed by atoms with van der Waals surface area (Å²) in [6.45, 7) is 5.52. The lowest BCUT2D eigenvalue weighted by Gasteiger charge is -2.17. The molecule has 2 heteroatoms. The van der Waals surface area contributed by atoms with Gasteiger partial charge in [0.1, 0.15) is 0 Å². The number of rotatable bonds is 7. The van der Waals surface area contributed by atoms with E-state index in [9.17, 15) is 0 Å². The lowest BCUT2D eigenvalue weighted by Crippen LogP contribution is -2.22. The first kappa shape index (κ1) is 15.3. The van der Waals surface area contributed by atoms with Gasteiger partial charge in [0.05, 0.1) is 0 Å². The number of hydrogen-bond donors (Lipinski definition) is 1. The average Bonchev–Trinajstić information content (AvgIpc) is 2.89. The Balaban J connectivity index is 2.05. The average molecular weight is 287 g/mol. The highest BCUT2D eigenvalue weighted by molar-refractivity contribution is 7.11. The quantitative estimate of drug-likeness (QED) is 0.803. The number of aryl methyl sites for hydroxylation is 2. The fourth-order valence-corrected chi connectivity index (χ4v) is 3.73. The van der Waals surface area contributed by atoms with E-state index in [2.05, 4.69) is 62.6 Å². The summed E-state index contributed by atoms with van der Waals surface area (Å²) < 4.78 is 0. The molecule has 1 heterocycles. The zero-order valence-electron chi connectivity index (χ0n) is 12.8. The predicted octanol–water partition coefficient (Wildman–Crippen LogP) is 4.24. The molecule has 20 heavy (non-hydrogen) atoms. The Bertz CT molecular complexity index is 530. The molecule has 2 aromatic rings. The van der Waals surface area contributed by atoms with Crippen LogP contribution in [0.4, 0.5) is 0 Å². The normalized spacial score (nSPS) is 12.6. The van der Waals surface area contributed by atoms with E-state index in [4.69, 9.17) is 0 Å². The lowest BCUT2D eigenvalue weighted by molar-refractivity contribution is 0.495. The predicted molar refractivity (Wildman–Crippen MR) is 89.7 cm³/mol. The minimum absolute atomic E-state index is 0.671. The fourth-order valence-electron chi connectivity index (χ4n) is 2.66. The summed E-state index contributed by atoms with van der Waals surface area (Å²) in [4.78, 5) is 3.02. The Labute approximate surface area is 127 Å². The third kappa shape index (κ3) is 4.19. The van der Waals surface area contributed by atoms with Crippen LogP contribution in [-0.4, -0.2) is 13.6 Å². The summed E-state index contributed by atoms with van der Waals surface area (Å²) in [5.74, 6) is 0.671. The molecular formula is C18H25NS. The van der Waals surface area contributed by atoms with Crippen molar-refractivity contribution in [3.63, 3.8) is 0 Å². The Morgan fingerprint density at radius 3 is 2.45 bits per heavy atom. The van der Waals surface area contributed by atoms with Crippen LogP contribution in [0.2, 0.25) is 0 Å². The highest BCUT2D eigenvalue weighted by Gasteiger charge is 2.12. The van der Waals surface area contributed by atoms with Gasteiger partial charge in [-0.2, -0.15) is 0 Å². The summed E-state index contributed by atoms with van der Waals surface area (Å²) in [5, 5.41) is 3.35. The second kappa shape index (κ2) is 7.61. The van der Waals surface area contributed by atoms with Crippen molar-refractivity contribution < 1.29 is 0 Å². The third-order valence-electron chi connectivity index (χ3n) is 3.82. The van der Waals surface area contributed by atoms with Gasteiger partial charge in [0.25, 0.3) is 0 Å². The Hall–Kier alpha value is -1.12. The molecule has 1 atom stereocenters. The van der Waals surface area contributed by atoms with E-state index in [0.717, 1.165) is 19.4 Å². The summed E-state index contributed by atoms with van der Waals surface area (Å²) in [6.07, 6.45) is 3.49. The van der Waals surface area contributed by atoms with Crippen LogP contribution in [-0.2, 0) is 19.3 Å². The van der Waals surface area contributed by atoms with Crippen molar-refractivity contribution in [1.29, 1.82) is 0 Å². The first-order valence-electron chi connectivity index (χ1n) is 7.49. The standard InChI is InChI=1S/C18H25NS/c1-4-17-9-10-18(20-17)12-15(13-19-3)11-16-8-6-5-7-14(16)2/h5-10,15,19H,4,11-13H2,1-3H3. The maximum atomic E-state index is 3.35. The molecule has 1 nitrogen and oxygen atoms in total. The minimum atomic E-state index is 0.671. The zero-order valence-corrected chi connectivity index (χ0v) is 13.6. The van der Waals surface area contributed by atoms with Crippen LogP contribution < -0.4 is 5.32 Å². The lowest BCUT2D eigenvalue weighted by atomic mass is 9.93. The number of benzene rings is 1. The minimum Gasteiger partial charge on any atom is -0.319 e. The highest BCUT2D eigenvalue weighted by atomic mass is 32.1. The molecule has 108 valence electrons. The molecule has 1 unspecified atom stereocenters. The van der Waals surface area contributed by atoms with Gasteiger partial charge in [0.2, 0.25) is 0 Å². The van der Waals surface area contributed by atoms with Crippen LogP contribution in [0.15, 0.2) is 36.4 Å². The number of hydrogen-bond acceptors (Lipinski definition) is 2. The van der Waals surface area contributed by atoms with Gasteiger partial charge in [-0.15, -0.1) is 11.3 Å². The van der Waals surface area contributed by atoms with Gasteiger partial charge in [-0.25, -0.2) is 0 Å². The van der Waals surface area contributed by atoms with Gasteiger partial charge in [-0.1, -0.05) is 31.2 Å². The number of thiophene rings is 1. The summed E-state index contributed by atoms with van der Waals surface area (Å²) in [6, 6.07) is 13.3. The summed E-state index contributed by atoms with van der Waals surface area (Å²) >= 11 is 1.97. The van der Waals surface area contributed by atoms with Crippen LogP contribution in [0.1, 0.15) is 27.8 Å². The molecule has 1 N–H and O–H groups in total. The SMILES string of the molecule is CCc1ccc(CC(CNC)Cc2ccccc2C)s1. The molecule has 0 fully saturated rings. The first-order chi connectivity index (χ1) is 9.72. The summed E-state index contributed by atoms with van der Waals surface area (Å²) in [5.41, 5.74) is 2.90. The smallest absolute Gasteiger partial charge is 0.00515 e. The van der Waals surface area contributed by atoms with E-state index in [1.54, 1.807) is 0 Å². The van der Waals surface area contributed by atoms with E-state index in [1.165, 1.54) is 27.3 Å². The van der Waals surface area contributed by atoms with Crippen molar-refractivity contribution >= 4 is 11.3 Å². The Morgan fingerprint density at radius 2 is 1.80 bits per heavy atom. The van der Waals surface area contributed by atoms with Gasteiger partial charge in [-0.3, -0.25) is 0 Å². The molecule has 0 spiro atoms. The van der Waals surface area contributed by atoms with Crippen LogP contribution >= 0.6 is 11.3 Å². The van der Waals surface area contributed by atoms with Gasteiger partial charge < -0.3 is 5.32 Å². The topological polar surface area (TPSA) is 12.0 Å². The van der Waals surface area contributed by atoms with Crippen LogP contribution in [0.5, 0.6) is 0 Å². The largest absolute Gasteiger partial charge is 0.319 e. The molecule has 0 amide bonds. The second-order valence-corrected chi connectivity index (χ2v) is 6.73. The molecule has 1 aromatic carbocycles. The second-order valence-electron chi connectivity index (χ2n) is 5.48. The van der Waals surface area contributed by atoms with Crippen LogP contribution in [0.3, 0.4) is 0 Å². The molecule has 1 aromatic heterocycles. The monoisotopic (exact) mass is 287 g/mol. The Morgan fingerprint density at radius 1 is 1.05 bits per heavy atom. The van der Waals surface area contributed by atoms with E-state index in [-0.39, 0.29) is 0 Å². The molecule has 0 saturated heterocycles. The van der Waals surface area contributed by atoms with E-state index in [0.29, 0.717) is 5.92 Å². The zero-order chi connectivity index (χ0) is 14.4. The van der Waals surface area contributed by atoms with Gasteiger partial charge in [0.15, 0.2) is 0 Å². The third-order valence-corrected chi connectivity index (χ3v) is 5.07. The van der Waals surface area contributed by atoms with Crippen molar-refractivity contribution in [2.75, 3.05) is 13.6 Å². The molecule has 2 rings (SSSR count). The van der Waals surface area contributed by atoms with Crippen molar-refractivity contribution in [1.82, 2.24) is 5.32 Å². The Kier molecular flexibility index (Phi) is 5.81. The van der Waals surface area contributed by atoms with Crippen molar-refractivity contribution in [3.8, 4) is 0 Å². The molecule has 0 aliphatic rings. The molecule has 0 bridgehead atoms. The van der Waals surface area contributed by atoms with Gasteiger partial charge in [0, 0.05) is 9.75 Å². The maximum absolute atomic E-state index is 3.35. The van der Waals surface area contributed by atoms with Crippen molar-refractivity contribution in [2.45, 2.75) is 33.1 Å². The van der Waals surface area contributed by atoms with Crippen LogP contribution in [0, 0.1) is 12.8 Å². The summed E-state index contributed by atoms with van der Waals surface area (Å²) in [7, 11) is 2.05. The van der Waals surface area contributed by atoms with Crippen molar-refractivity contribution in [2.24, 2.45) is 5.92 Å². The maximum Gasteiger partial charge on any atom is 0.00515 e. The first-order valence-corrected chi connectivity index (χ1v) is 8.31. The highest BCUT2D eigenvalue weighted by Crippen LogP contribution is 2.23. The molecule has 0 aliphatic carbocycles. The molecular weight excluding hydrogens is 262 g/mol. The van der Waals surface area contributed by atoms with Crippen LogP contribution in [0.25, 0.3) is 0 Å². The van der Waals surface area contributed by atoms with Crippen molar-refractivity contribution in [3.05, 3.63) is 57.3 Å².